The van der Waals surface area contributed by atoms with E-state index in [-0.39, 0.29) is 11.0 Å². The molecule has 4 N–H and O–H groups in total. The molecule has 2 aromatic rings. The summed E-state index contributed by atoms with van der Waals surface area (Å²) < 4.78 is 10.7. The van der Waals surface area contributed by atoms with E-state index in [1.165, 1.54) is 0 Å². The zero-order valence-electron chi connectivity index (χ0n) is 8.92. The van der Waals surface area contributed by atoms with Crippen LogP contribution in [0.1, 0.15) is 0 Å². The van der Waals surface area contributed by atoms with E-state index in [0.29, 0.717) is 15.3 Å². The maximum absolute atomic E-state index is 5.36. The summed E-state index contributed by atoms with van der Waals surface area (Å²) in [7, 11) is 0. The Balaban J connectivity index is 0.00000128. The van der Waals surface area contributed by atoms with Crippen molar-refractivity contribution in [3.8, 4) is 11.5 Å². The minimum absolute atomic E-state index is 0. The zero-order chi connectivity index (χ0) is 10.3. The summed E-state index contributed by atoms with van der Waals surface area (Å²) in [6.07, 6.45) is 0. The Kier molecular flexibility index (Phi) is 7.82. The van der Waals surface area contributed by atoms with E-state index < -0.39 is 0 Å². The first-order chi connectivity index (χ1) is 7.45. The van der Waals surface area contributed by atoms with E-state index in [4.69, 9.17) is 7.70 Å². The van der Waals surface area contributed by atoms with Gasteiger partial charge in [-0.1, -0.05) is 0 Å². The van der Waals surface area contributed by atoms with Crippen LogP contribution in [0.25, 0.3) is 0 Å². The fraction of sp³-hybridized carbons (Fsp3) is 0. The monoisotopic (exact) mass is 281 g/mol. The molecular weight excluding hydrogens is 267 g/mol. The summed E-state index contributed by atoms with van der Waals surface area (Å²) in [5, 5.41) is 0. The van der Waals surface area contributed by atoms with Crippen molar-refractivity contribution < 1.29 is 34.0 Å². The first-order valence-electron chi connectivity index (χ1n) is 4.50. The molecule has 0 aliphatic heterocycles. The molecule has 0 bridgehead atoms. The molecule has 17 heavy (non-hydrogen) atoms. The average Bonchev–Trinajstić information content (AvgIpc) is 2.32. The Morgan fingerprint density at radius 1 is 0.588 bits per heavy atom. The quantitative estimate of drug-likeness (QED) is 0.848. The number of rotatable bonds is 4. The van der Waals surface area contributed by atoms with Gasteiger partial charge in [0.1, 0.15) is 0 Å². The topological polar surface area (TPSA) is 81.5 Å². The van der Waals surface area contributed by atoms with Gasteiger partial charge in [0.25, 0.3) is 0 Å². The van der Waals surface area contributed by atoms with Gasteiger partial charge >= 0.3 is 95.2 Å². The predicted molar refractivity (Wildman–Crippen MR) is 61.4 cm³/mol. The molecule has 0 aromatic heterocycles. The summed E-state index contributed by atoms with van der Waals surface area (Å²) in [5.74, 6) is 1.60. The molecule has 0 spiro atoms. The Morgan fingerprint density at radius 3 is 1.29 bits per heavy atom. The van der Waals surface area contributed by atoms with Gasteiger partial charge in [0.15, 0.2) is 0 Å². The molecule has 0 heterocycles. The number of hydrogen-bond acceptors (Lipinski definition) is 2. The van der Waals surface area contributed by atoms with Gasteiger partial charge in [0.05, 0.1) is 0 Å². The third kappa shape index (κ3) is 5.37. The molecule has 0 fully saturated rings. The molecular formula is C12H14CoO4. The summed E-state index contributed by atoms with van der Waals surface area (Å²) in [6, 6.07) is 19.1. The second kappa shape index (κ2) is 8.60. The summed E-state index contributed by atoms with van der Waals surface area (Å²) in [6.45, 7) is 0. The molecule has 0 atom stereocenters. The van der Waals surface area contributed by atoms with E-state index in [0.717, 1.165) is 11.5 Å². The Bertz CT molecular complexity index is 354. The maximum atomic E-state index is 5.36. The van der Waals surface area contributed by atoms with Crippen LogP contribution in [0.3, 0.4) is 0 Å². The molecule has 0 aliphatic carbocycles. The van der Waals surface area contributed by atoms with E-state index in [1.54, 1.807) is 0 Å². The van der Waals surface area contributed by atoms with Crippen molar-refractivity contribution in [3.05, 3.63) is 60.7 Å². The fourth-order valence-electron chi connectivity index (χ4n) is 1.01. The molecule has 95 valence electrons. The third-order valence-electron chi connectivity index (χ3n) is 1.70. The Hall–Kier alpha value is -1.53. The van der Waals surface area contributed by atoms with Crippen LogP contribution in [0.15, 0.2) is 60.7 Å². The molecule has 0 radical (unpaired) electrons. The second-order valence-electron chi connectivity index (χ2n) is 2.82. The average molecular weight is 281 g/mol. The number of para-hydroxylation sites is 2. The van der Waals surface area contributed by atoms with E-state index in [1.807, 2.05) is 60.7 Å². The van der Waals surface area contributed by atoms with Gasteiger partial charge in [-0.2, -0.15) is 0 Å². The van der Waals surface area contributed by atoms with Crippen molar-refractivity contribution in [1.82, 2.24) is 0 Å². The first-order valence-corrected chi connectivity index (χ1v) is 5.35. The van der Waals surface area contributed by atoms with Crippen molar-refractivity contribution >= 4 is 0 Å². The SMILES string of the molecule is O.O.c1ccc([O][Co][O]c2ccccc2)cc1. The Morgan fingerprint density at radius 2 is 0.941 bits per heavy atom. The molecule has 0 unspecified atom stereocenters. The van der Waals surface area contributed by atoms with Gasteiger partial charge in [-0.3, -0.25) is 0 Å². The van der Waals surface area contributed by atoms with Crippen LogP contribution in [-0.4, -0.2) is 11.0 Å². The van der Waals surface area contributed by atoms with Gasteiger partial charge in [-0.25, -0.2) is 0 Å². The molecule has 2 rings (SSSR count). The van der Waals surface area contributed by atoms with Gasteiger partial charge in [-0.15, -0.1) is 0 Å². The number of hydrogen-bond donors (Lipinski definition) is 0. The standard InChI is InChI=1S/2C6H6O.Co.2H2O/c2*7-6-4-2-1-3-5-6;;;/h2*1-5,7H;;2*1H2/q;;+2;;/p-2. The summed E-state index contributed by atoms with van der Waals surface area (Å²) >= 11 is 0.504. The van der Waals surface area contributed by atoms with Crippen molar-refractivity contribution in [3.63, 3.8) is 0 Å². The van der Waals surface area contributed by atoms with Gasteiger partial charge in [-0.05, 0) is 0 Å². The second-order valence-corrected chi connectivity index (χ2v) is 3.42. The number of benzene rings is 2. The zero-order valence-corrected chi connectivity index (χ0v) is 9.96. The minimum atomic E-state index is 0. The van der Waals surface area contributed by atoms with Crippen LogP contribution < -0.4 is 7.70 Å². The van der Waals surface area contributed by atoms with E-state index in [9.17, 15) is 0 Å². The molecule has 4 nitrogen and oxygen atoms in total. The molecule has 0 saturated carbocycles. The van der Waals surface area contributed by atoms with Crippen molar-refractivity contribution in [1.29, 1.82) is 0 Å². The third-order valence-corrected chi connectivity index (χ3v) is 2.36. The summed E-state index contributed by atoms with van der Waals surface area (Å²) in [4.78, 5) is 0. The van der Waals surface area contributed by atoms with Crippen LogP contribution in [0.2, 0.25) is 0 Å². The van der Waals surface area contributed by atoms with Crippen LogP contribution in [0, 0.1) is 0 Å². The molecule has 0 aliphatic rings. The summed E-state index contributed by atoms with van der Waals surface area (Å²) in [5.41, 5.74) is 0. The van der Waals surface area contributed by atoms with Crippen molar-refractivity contribution in [2.24, 2.45) is 0 Å². The van der Waals surface area contributed by atoms with Crippen LogP contribution >= 0.6 is 0 Å². The van der Waals surface area contributed by atoms with Crippen LogP contribution in [0.5, 0.6) is 11.5 Å². The van der Waals surface area contributed by atoms with E-state index in [2.05, 4.69) is 0 Å². The molecule has 2 aromatic carbocycles. The van der Waals surface area contributed by atoms with Crippen molar-refractivity contribution in [2.45, 2.75) is 0 Å². The molecule has 5 heteroatoms. The van der Waals surface area contributed by atoms with Crippen molar-refractivity contribution in [2.75, 3.05) is 0 Å². The van der Waals surface area contributed by atoms with Gasteiger partial charge in [0.2, 0.25) is 0 Å². The van der Waals surface area contributed by atoms with Gasteiger partial charge in [0, 0.05) is 0 Å². The fourth-order valence-corrected chi connectivity index (χ4v) is 1.54. The predicted octanol–water partition coefficient (Wildman–Crippen LogP) is 1.41. The molecule has 0 saturated heterocycles. The van der Waals surface area contributed by atoms with Crippen LogP contribution in [0.4, 0.5) is 0 Å². The van der Waals surface area contributed by atoms with Crippen LogP contribution in [-0.2, 0) is 15.3 Å². The van der Waals surface area contributed by atoms with Gasteiger partial charge < -0.3 is 11.0 Å². The first kappa shape index (κ1) is 15.5. The Labute approximate surface area is 106 Å². The normalized spacial score (nSPS) is 8.71. The molecule has 0 amide bonds. The van der Waals surface area contributed by atoms with E-state index >= 15 is 0 Å².